The van der Waals surface area contributed by atoms with Gasteiger partial charge in [0.1, 0.15) is 0 Å². The topological polar surface area (TPSA) is 67.2 Å². The highest BCUT2D eigenvalue weighted by Gasteiger charge is 2.26. The van der Waals surface area contributed by atoms with E-state index >= 15 is 0 Å². The van der Waals surface area contributed by atoms with Crippen molar-refractivity contribution in [2.75, 3.05) is 16.4 Å². The molecule has 0 spiro atoms. The minimum absolute atomic E-state index is 0.130. The Kier molecular flexibility index (Phi) is 3.31. The van der Waals surface area contributed by atoms with Crippen LogP contribution in [0.15, 0.2) is 48.2 Å². The number of carbonyl (C=O) groups is 1. The van der Waals surface area contributed by atoms with E-state index < -0.39 is 0 Å². The fourth-order valence-electron chi connectivity index (χ4n) is 2.37. The summed E-state index contributed by atoms with van der Waals surface area (Å²) in [6, 6.07) is 12.7. The van der Waals surface area contributed by atoms with Crippen LogP contribution in [0.1, 0.15) is 12.5 Å². The van der Waals surface area contributed by atoms with Gasteiger partial charge in [0.25, 0.3) is 5.91 Å². The normalized spacial score (nSPS) is 15.4. The lowest BCUT2D eigenvalue weighted by atomic mass is 10.0. The summed E-state index contributed by atoms with van der Waals surface area (Å²) in [4.78, 5) is 12.2. The molecule has 0 radical (unpaired) electrons. The number of allylic oxidation sites excluding steroid dienone is 1. The summed E-state index contributed by atoms with van der Waals surface area (Å²) in [7, 11) is 0. The van der Waals surface area contributed by atoms with Crippen LogP contribution in [0.3, 0.4) is 0 Å². The zero-order valence-electron chi connectivity index (χ0n) is 11.4. The molecule has 2 aromatic carbocycles. The first-order valence-electron chi connectivity index (χ1n) is 6.49. The second kappa shape index (κ2) is 5.14. The van der Waals surface area contributed by atoms with Crippen LogP contribution in [0, 0.1) is 0 Å². The molecule has 0 fully saturated rings. The number of benzene rings is 2. The summed E-state index contributed by atoms with van der Waals surface area (Å²) < 4.78 is 0. The number of nitrogen functional groups attached to an aromatic ring is 1. The summed E-state index contributed by atoms with van der Waals surface area (Å²) in [5.74, 6) is -0.130. The molecular formula is C16H14ClN3O. The molecule has 1 heterocycles. The van der Waals surface area contributed by atoms with Crippen molar-refractivity contribution in [2.45, 2.75) is 6.92 Å². The SMILES string of the molecule is C/C(Nc1ccc(Cl)cc1)=C1/C(=O)Nc2ccc(N)cc21. The van der Waals surface area contributed by atoms with Gasteiger partial charge in [-0.1, -0.05) is 11.6 Å². The number of rotatable bonds is 2. The molecule has 4 N–H and O–H groups in total. The maximum atomic E-state index is 12.2. The largest absolute Gasteiger partial charge is 0.399 e. The molecule has 0 aromatic heterocycles. The van der Waals surface area contributed by atoms with E-state index in [1.165, 1.54) is 0 Å². The van der Waals surface area contributed by atoms with Crippen molar-refractivity contribution in [3.8, 4) is 0 Å². The first-order valence-corrected chi connectivity index (χ1v) is 6.87. The monoisotopic (exact) mass is 299 g/mol. The molecule has 0 bridgehead atoms. The van der Waals surface area contributed by atoms with E-state index in [1.807, 2.05) is 25.1 Å². The van der Waals surface area contributed by atoms with Crippen molar-refractivity contribution in [1.82, 2.24) is 0 Å². The molecule has 1 aliphatic heterocycles. The van der Waals surface area contributed by atoms with Crippen molar-refractivity contribution >= 4 is 40.1 Å². The smallest absolute Gasteiger partial charge is 0.258 e. The van der Waals surface area contributed by atoms with Gasteiger partial charge in [-0.15, -0.1) is 0 Å². The van der Waals surface area contributed by atoms with Crippen LogP contribution in [0.5, 0.6) is 0 Å². The summed E-state index contributed by atoms with van der Waals surface area (Å²) >= 11 is 5.87. The van der Waals surface area contributed by atoms with E-state index in [2.05, 4.69) is 10.6 Å². The average Bonchev–Trinajstić information content (AvgIpc) is 2.76. The van der Waals surface area contributed by atoms with Crippen LogP contribution >= 0.6 is 11.6 Å². The fraction of sp³-hybridized carbons (Fsp3) is 0.0625. The molecule has 0 atom stereocenters. The van der Waals surface area contributed by atoms with Gasteiger partial charge in [-0.2, -0.15) is 0 Å². The number of halogens is 1. The Labute approximate surface area is 127 Å². The van der Waals surface area contributed by atoms with Gasteiger partial charge < -0.3 is 16.4 Å². The summed E-state index contributed by atoms with van der Waals surface area (Å²) in [6.45, 7) is 1.86. The molecule has 0 aliphatic carbocycles. The van der Waals surface area contributed by atoms with Gasteiger partial charge in [0.2, 0.25) is 0 Å². The van der Waals surface area contributed by atoms with Gasteiger partial charge in [-0.25, -0.2) is 0 Å². The number of hydrogen-bond donors (Lipinski definition) is 3. The molecule has 0 unspecified atom stereocenters. The highest BCUT2D eigenvalue weighted by Crippen LogP contribution is 2.35. The first-order chi connectivity index (χ1) is 10.0. The summed E-state index contributed by atoms with van der Waals surface area (Å²) in [6.07, 6.45) is 0. The van der Waals surface area contributed by atoms with E-state index in [4.69, 9.17) is 17.3 Å². The van der Waals surface area contributed by atoms with E-state index in [0.29, 0.717) is 16.3 Å². The number of amides is 1. The van der Waals surface area contributed by atoms with Crippen molar-refractivity contribution in [1.29, 1.82) is 0 Å². The van der Waals surface area contributed by atoms with Crippen LogP contribution in [-0.4, -0.2) is 5.91 Å². The predicted octanol–water partition coefficient (Wildman–Crippen LogP) is 3.72. The van der Waals surface area contributed by atoms with Gasteiger partial charge in [0, 0.05) is 33.3 Å². The Morgan fingerprint density at radius 2 is 1.90 bits per heavy atom. The van der Waals surface area contributed by atoms with Crippen molar-refractivity contribution < 1.29 is 4.79 Å². The average molecular weight is 300 g/mol. The van der Waals surface area contributed by atoms with Gasteiger partial charge >= 0.3 is 0 Å². The Balaban J connectivity index is 2.00. The van der Waals surface area contributed by atoms with Crippen LogP contribution in [-0.2, 0) is 4.79 Å². The van der Waals surface area contributed by atoms with Crippen LogP contribution < -0.4 is 16.4 Å². The second-order valence-corrected chi connectivity index (χ2v) is 5.33. The number of hydrogen-bond acceptors (Lipinski definition) is 3. The third-order valence-corrected chi connectivity index (χ3v) is 3.59. The quantitative estimate of drug-likeness (QED) is 0.585. The third-order valence-electron chi connectivity index (χ3n) is 3.34. The standard InChI is InChI=1S/C16H14ClN3O/c1-9(19-12-5-2-10(17)3-6-12)15-13-8-11(18)4-7-14(13)20-16(15)21/h2-8,19H,18H2,1H3,(H,20,21)/b15-9-. The van der Waals surface area contributed by atoms with Gasteiger partial charge in [0.05, 0.1) is 5.57 Å². The van der Waals surface area contributed by atoms with Gasteiger partial charge in [-0.05, 0) is 49.4 Å². The van der Waals surface area contributed by atoms with Crippen LogP contribution in [0.25, 0.3) is 5.57 Å². The number of nitrogens with one attached hydrogen (secondary N) is 2. The number of carbonyl (C=O) groups excluding carboxylic acids is 1. The summed E-state index contributed by atoms with van der Waals surface area (Å²) in [5, 5.41) is 6.73. The Morgan fingerprint density at radius 3 is 2.62 bits per heavy atom. The van der Waals surface area contributed by atoms with Crippen LogP contribution in [0.4, 0.5) is 17.1 Å². The molecule has 4 nitrogen and oxygen atoms in total. The lowest BCUT2D eigenvalue weighted by Crippen LogP contribution is -2.08. The highest BCUT2D eigenvalue weighted by molar-refractivity contribution is 6.32. The van der Waals surface area contributed by atoms with Crippen molar-refractivity contribution in [3.05, 3.63) is 58.7 Å². The predicted molar refractivity (Wildman–Crippen MR) is 87.2 cm³/mol. The fourth-order valence-corrected chi connectivity index (χ4v) is 2.50. The van der Waals surface area contributed by atoms with E-state index in [0.717, 1.165) is 22.6 Å². The molecule has 0 saturated carbocycles. The molecular weight excluding hydrogens is 286 g/mol. The lowest BCUT2D eigenvalue weighted by Gasteiger charge is -2.10. The molecule has 1 aliphatic rings. The molecule has 3 rings (SSSR count). The molecule has 5 heteroatoms. The molecule has 106 valence electrons. The van der Waals surface area contributed by atoms with E-state index in [-0.39, 0.29) is 5.91 Å². The van der Waals surface area contributed by atoms with Gasteiger partial charge in [0.15, 0.2) is 0 Å². The Bertz CT molecular complexity index is 751. The lowest BCUT2D eigenvalue weighted by molar-refractivity contribution is -0.110. The Hall–Kier alpha value is -2.46. The second-order valence-electron chi connectivity index (χ2n) is 4.89. The maximum Gasteiger partial charge on any atom is 0.258 e. The highest BCUT2D eigenvalue weighted by atomic mass is 35.5. The first kappa shape index (κ1) is 13.5. The zero-order valence-corrected chi connectivity index (χ0v) is 12.2. The van der Waals surface area contributed by atoms with Gasteiger partial charge in [-0.3, -0.25) is 4.79 Å². The van der Waals surface area contributed by atoms with Crippen molar-refractivity contribution in [2.24, 2.45) is 0 Å². The Morgan fingerprint density at radius 1 is 1.19 bits per heavy atom. The molecule has 0 saturated heterocycles. The number of anilines is 3. The summed E-state index contributed by atoms with van der Waals surface area (Å²) in [5.41, 5.74) is 10.3. The maximum absolute atomic E-state index is 12.2. The number of fused-ring (bicyclic) bond motifs is 1. The molecule has 2 aromatic rings. The van der Waals surface area contributed by atoms with E-state index in [1.54, 1.807) is 24.3 Å². The third kappa shape index (κ3) is 2.58. The minimum Gasteiger partial charge on any atom is -0.399 e. The minimum atomic E-state index is -0.130. The van der Waals surface area contributed by atoms with Crippen LogP contribution in [0.2, 0.25) is 5.02 Å². The molecule has 21 heavy (non-hydrogen) atoms. The van der Waals surface area contributed by atoms with Crippen molar-refractivity contribution in [3.63, 3.8) is 0 Å². The molecule has 1 amide bonds. The zero-order chi connectivity index (χ0) is 15.0. The van der Waals surface area contributed by atoms with E-state index in [9.17, 15) is 4.79 Å². The number of nitrogens with two attached hydrogens (primary N) is 1.